The van der Waals surface area contributed by atoms with Crippen molar-refractivity contribution in [1.82, 2.24) is 4.90 Å². The Hall–Kier alpha value is -3.25. The predicted molar refractivity (Wildman–Crippen MR) is 137 cm³/mol. The Bertz CT molecular complexity index is 1200. The highest BCUT2D eigenvalue weighted by Crippen LogP contribution is 2.52. The van der Waals surface area contributed by atoms with Gasteiger partial charge in [-0.05, 0) is 79.3 Å². The molecule has 6 heteroatoms. The van der Waals surface area contributed by atoms with E-state index in [0.717, 1.165) is 42.4 Å². The first-order valence-corrected chi connectivity index (χ1v) is 12.8. The van der Waals surface area contributed by atoms with E-state index in [-0.39, 0.29) is 35.5 Å². The van der Waals surface area contributed by atoms with Crippen LogP contribution in [-0.2, 0) is 0 Å². The van der Waals surface area contributed by atoms with E-state index < -0.39 is 5.82 Å². The Morgan fingerprint density at radius 1 is 1.00 bits per heavy atom. The van der Waals surface area contributed by atoms with Gasteiger partial charge in [-0.1, -0.05) is 38.1 Å². The number of phenols is 2. The Labute approximate surface area is 212 Å². The second-order valence-electron chi connectivity index (χ2n) is 10.4. The Kier molecular flexibility index (Phi) is 6.80. The molecule has 5 atom stereocenters. The zero-order valence-electron chi connectivity index (χ0n) is 21.0. The third-order valence-electron chi connectivity index (χ3n) is 7.54. The molecular weight excluding hydrogens is 457 g/mol. The Morgan fingerprint density at radius 3 is 2.36 bits per heavy atom. The third-order valence-corrected chi connectivity index (χ3v) is 7.54. The SMILES string of the molecule is C[C@@H]1CCN(C[C@@H](C)Oc2ccc([C@@H]3Oc4ccc(O)c(F)c4[C@@H](C)[C@@H]3c3ccc(O)cc3)cc2)C1. The maximum Gasteiger partial charge on any atom is 0.171 e. The molecule has 0 aromatic heterocycles. The van der Waals surface area contributed by atoms with Crippen LogP contribution in [-0.4, -0.2) is 40.9 Å². The van der Waals surface area contributed by atoms with E-state index in [9.17, 15) is 14.6 Å². The van der Waals surface area contributed by atoms with Gasteiger partial charge in [0.1, 0.15) is 29.5 Å². The number of hydrogen-bond donors (Lipinski definition) is 2. The lowest BCUT2D eigenvalue weighted by Crippen LogP contribution is -2.32. The molecule has 0 bridgehead atoms. The van der Waals surface area contributed by atoms with Crippen LogP contribution in [0.15, 0.2) is 60.7 Å². The molecule has 2 aliphatic heterocycles. The highest BCUT2D eigenvalue weighted by atomic mass is 19.1. The minimum atomic E-state index is -0.646. The molecule has 0 amide bonds. The van der Waals surface area contributed by atoms with Crippen LogP contribution < -0.4 is 9.47 Å². The second kappa shape index (κ2) is 10.0. The van der Waals surface area contributed by atoms with Crippen LogP contribution in [0.4, 0.5) is 4.39 Å². The summed E-state index contributed by atoms with van der Waals surface area (Å²) in [4.78, 5) is 2.46. The number of halogens is 1. The summed E-state index contributed by atoms with van der Waals surface area (Å²) in [5, 5.41) is 19.8. The first-order valence-electron chi connectivity index (χ1n) is 12.8. The van der Waals surface area contributed by atoms with Crippen LogP contribution >= 0.6 is 0 Å². The molecule has 1 fully saturated rings. The summed E-state index contributed by atoms with van der Waals surface area (Å²) in [5.41, 5.74) is 2.24. The zero-order valence-corrected chi connectivity index (χ0v) is 21.0. The van der Waals surface area contributed by atoms with Gasteiger partial charge in [0, 0.05) is 24.6 Å². The van der Waals surface area contributed by atoms with E-state index >= 15 is 0 Å². The van der Waals surface area contributed by atoms with Crippen molar-refractivity contribution < 1.29 is 24.1 Å². The summed E-state index contributed by atoms with van der Waals surface area (Å²) in [6.45, 7) is 9.51. The van der Waals surface area contributed by atoms with Crippen molar-refractivity contribution in [3.05, 3.63) is 83.2 Å². The average molecular weight is 492 g/mol. The van der Waals surface area contributed by atoms with Crippen LogP contribution in [0.2, 0.25) is 0 Å². The van der Waals surface area contributed by atoms with E-state index in [1.165, 1.54) is 12.5 Å². The molecule has 0 spiro atoms. The van der Waals surface area contributed by atoms with Gasteiger partial charge in [0.15, 0.2) is 11.6 Å². The number of ether oxygens (including phenoxy) is 2. The number of fused-ring (bicyclic) bond motifs is 1. The molecule has 0 unspecified atom stereocenters. The molecule has 3 aromatic rings. The molecule has 2 heterocycles. The third kappa shape index (κ3) is 4.87. The van der Waals surface area contributed by atoms with Crippen LogP contribution in [0, 0.1) is 11.7 Å². The molecule has 36 heavy (non-hydrogen) atoms. The van der Waals surface area contributed by atoms with Crippen molar-refractivity contribution in [2.24, 2.45) is 5.92 Å². The quantitative estimate of drug-likeness (QED) is 0.420. The predicted octanol–water partition coefficient (Wildman–Crippen LogP) is 6.37. The van der Waals surface area contributed by atoms with E-state index in [1.807, 2.05) is 43.3 Å². The number of phenolic OH excluding ortho intramolecular Hbond substituents is 2. The maximum atomic E-state index is 15.0. The number of hydrogen-bond acceptors (Lipinski definition) is 5. The number of aromatic hydroxyl groups is 2. The standard InChI is InChI=1S/C30H34FNO4/c1-18-14-15-32(16-18)17-19(2)35-24-10-6-22(7-11-24)30-27(21-4-8-23(33)9-5-21)20(3)28-26(36-30)13-12-25(34)29(28)31/h4-13,18-20,27,30,33-34H,14-17H2,1-3H3/t18-,19-,20+,27-,30+/m1/s1. The largest absolute Gasteiger partial charge is 0.508 e. The Balaban J connectivity index is 1.40. The van der Waals surface area contributed by atoms with Gasteiger partial charge in [-0.2, -0.15) is 0 Å². The van der Waals surface area contributed by atoms with Gasteiger partial charge in [0.05, 0.1) is 0 Å². The van der Waals surface area contributed by atoms with Gasteiger partial charge in [-0.3, -0.25) is 4.90 Å². The minimum Gasteiger partial charge on any atom is -0.508 e. The number of benzene rings is 3. The highest BCUT2D eigenvalue weighted by Gasteiger charge is 2.40. The first-order chi connectivity index (χ1) is 17.3. The van der Waals surface area contributed by atoms with Crippen LogP contribution in [0.3, 0.4) is 0 Å². The van der Waals surface area contributed by atoms with Gasteiger partial charge in [0.25, 0.3) is 0 Å². The van der Waals surface area contributed by atoms with E-state index in [4.69, 9.17) is 9.47 Å². The fourth-order valence-corrected chi connectivity index (χ4v) is 5.74. The van der Waals surface area contributed by atoms with E-state index in [2.05, 4.69) is 18.7 Å². The second-order valence-corrected chi connectivity index (χ2v) is 10.4. The number of nitrogens with zero attached hydrogens (tertiary/aromatic N) is 1. The van der Waals surface area contributed by atoms with Gasteiger partial charge in [-0.25, -0.2) is 4.39 Å². The van der Waals surface area contributed by atoms with E-state index in [0.29, 0.717) is 11.3 Å². The fraction of sp³-hybridized carbons (Fsp3) is 0.400. The van der Waals surface area contributed by atoms with E-state index in [1.54, 1.807) is 18.2 Å². The fourth-order valence-electron chi connectivity index (χ4n) is 5.74. The summed E-state index contributed by atoms with van der Waals surface area (Å²) >= 11 is 0. The molecule has 0 saturated carbocycles. The molecule has 0 radical (unpaired) electrons. The van der Waals surface area contributed by atoms with Crippen molar-refractivity contribution >= 4 is 0 Å². The molecule has 2 aliphatic rings. The molecule has 190 valence electrons. The van der Waals surface area contributed by atoms with Gasteiger partial charge in [0.2, 0.25) is 0 Å². The molecule has 1 saturated heterocycles. The van der Waals surface area contributed by atoms with Crippen LogP contribution in [0.25, 0.3) is 0 Å². The molecule has 5 nitrogen and oxygen atoms in total. The lowest BCUT2D eigenvalue weighted by atomic mass is 9.75. The Morgan fingerprint density at radius 2 is 1.69 bits per heavy atom. The van der Waals surface area contributed by atoms with Crippen molar-refractivity contribution in [1.29, 1.82) is 0 Å². The summed E-state index contributed by atoms with van der Waals surface area (Å²) in [6.07, 6.45) is 0.953. The summed E-state index contributed by atoms with van der Waals surface area (Å²) in [6, 6.07) is 17.9. The molecular formula is C30H34FNO4. The summed E-state index contributed by atoms with van der Waals surface area (Å²) in [5.74, 6) is 0.637. The van der Waals surface area contributed by atoms with Crippen molar-refractivity contribution in [3.63, 3.8) is 0 Å². The highest BCUT2D eigenvalue weighted by molar-refractivity contribution is 5.49. The molecule has 2 N–H and O–H groups in total. The maximum absolute atomic E-state index is 15.0. The molecule has 5 rings (SSSR count). The van der Waals surface area contributed by atoms with Gasteiger partial charge >= 0.3 is 0 Å². The minimum absolute atomic E-state index is 0.0828. The molecule has 3 aromatic carbocycles. The smallest absolute Gasteiger partial charge is 0.171 e. The monoisotopic (exact) mass is 491 g/mol. The summed E-state index contributed by atoms with van der Waals surface area (Å²) in [7, 11) is 0. The number of likely N-dealkylation sites (tertiary alicyclic amines) is 1. The summed E-state index contributed by atoms with van der Waals surface area (Å²) < 4.78 is 27.5. The lowest BCUT2D eigenvalue weighted by molar-refractivity contribution is 0.133. The van der Waals surface area contributed by atoms with Gasteiger partial charge < -0.3 is 19.7 Å². The molecule has 0 aliphatic carbocycles. The zero-order chi connectivity index (χ0) is 25.4. The average Bonchev–Trinajstić information content (AvgIpc) is 3.26. The van der Waals surface area contributed by atoms with Crippen molar-refractivity contribution in [2.45, 2.75) is 51.2 Å². The van der Waals surface area contributed by atoms with Crippen molar-refractivity contribution in [2.75, 3.05) is 19.6 Å². The number of rotatable bonds is 6. The van der Waals surface area contributed by atoms with Crippen LogP contribution in [0.5, 0.6) is 23.0 Å². The normalized spacial score (nSPS) is 24.7. The van der Waals surface area contributed by atoms with Crippen LogP contribution in [0.1, 0.15) is 61.8 Å². The first kappa shape index (κ1) is 24.4. The topological polar surface area (TPSA) is 62.2 Å². The van der Waals surface area contributed by atoms with Crippen molar-refractivity contribution in [3.8, 4) is 23.0 Å². The van der Waals surface area contributed by atoms with Gasteiger partial charge in [-0.15, -0.1) is 0 Å². The lowest BCUT2D eigenvalue weighted by Gasteiger charge is -2.39.